The summed E-state index contributed by atoms with van der Waals surface area (Å²) in [6.07, 6.45) is 3.51. The molecule has 3 N–H and O–H groups in total. The van der Waals surface area contributed by atoms with E-state index in [1.165, 1.54) is 0 Å². The minimum Gasteiger partial charge on any atom is -0.383 e. The van der Waals surface area contributed by atoms with Gasteiger partial charge in [0.2, 0.25) is 0 Å². The molecule has 1 aromatic rings. The molecule has 1 amide bonds. The molecule has 2 fully saturated rings. The maximum atomic E-state index is 12.3. The predicted octanol–water partition coefficient (Wildman–Crippen LogP) is 2.69. The Morgan fingerprint density at radius 2 is 2.28 bits per heavy atom. The quantitative estimate of drug-likeness (QED) is 0.672. The van der Waals surface area contributed by atoms with Crippen LogP contribution in [0.3, 0.4) is 0 Å². The standard InChI is InChI=1S/C16H27N3O5S.H2/c1-11-9-13(5-6-19(11)25(21,22)8-7-23-2)17-16(20)14-10-15(24-18-14)12-3-4-12;/h10-13,21-22H,3-9H2,1-2H3,(H,17,20);1H/t11-,13-;/m0./s1. The molecule has 25 heavy (non-hydrogen) atoms. The number of piperidine rings is 1. The number of carbonyl (C=O) groups excluding carboxylic acids is 1. The zero-order chi connectivity index (χ0) is 18.0. The van der Waals surface area contributed by atoms with Crippen LogP contribution in [0.5, 0.6) is 0 Å². The van der Waals surface area contributed by atoms with Gasteiger partial charge in [-0.1, -0.05) is 5.16 Å². The number of carbonyl (C=O) groups is 1. The first-order chi connectivity index (χ1) is 11.9. The third kappa shape index (κ3) is 4.53. The van der Waals surface area contributed by atoms with Gasteiger partial charge < -0.3 is 14.6 Å². The van der Waals surface area contributed by atoms with Crippen molar-refractivity contribution in [1.82, 2.24) is 14.8 Å². The predicted molar refractivity (Wildman–Crippen MR) is 96.8 cm³/mol. The maximum Gasteiger partial charge on any atom is 0.273 e. The van der Waals surface area contributed by atoms with E-state index in [-0.39, 0.29) is 25.2 Å². The van der Waals surface area contributed by atoms with Crippen LogP contribution >= 0.6 is 10.8 Å². The monoisotopic (exact) mass is 375 g/mol. The molecule has 9 heteroatoms. The molecule has 0 bridgehead atoms. The van der Waals surface area contributed by atoms with Crippen molar-refractivity contribution in [2.24, 2.45) is 0 Å². The molecule has 144 valence electrons. The highest BCUT2D eigenvalue weighted by Crippen LogP contribution is 2.46. The van der Waals surface area contributed by atoms with Crippen LogP contribution in [-0.2, 0) is 4.74 Å². The number of amides is 1. The summed E-state index contributed by atoms with van der Waals surface area (Å²) in [7, 11) is -1.29. The van der Waals surface area contributed by atoms with E-state index in [1.54, 1.807) is 17.5 Å². The SMILES string of the molecule is COCCS(O)(O)N1CC[C@H](NC(=O)c2cc(C3CC3)on2)C[C@@H]1C.[HH]. The largest absolute Gasteiger partial charge is 0.383 e. The number of rotatable bonds is 7. The number of ether oxygens (including phenoxy) is 1. The van der Waals surface area contributed by atoms with Crippen LogP contribution in [0.15, 0.2) is 10.6 Å². The van der Waals surface area contributed by atoms with Crippen molar-refractivity contribution in [3.8, 4) is 0 Å². The van der Waals surface area contributed by atoms with Crippen molar-refractivity contribution in [2.75, 3.05) is 26.0 Å². The molecule has 0 radical (unpaired) electrons. The third-order valence-corrected chi connectivity index (χ3v) is 6.84. The number of nitrogens with one attached hydrogen (secondary N) is 1. The van der Waals surface area contributed by atoms with Gasteiger partial charge in [-0.2, -0.15) is 0 Å². The zero-order valence-electron chi connectivity index (χ0n) is 14.7. The fourth-order valence-electron chi connectivity index (χ4n) is 3.24. The summed E-state index contributed by atoms with van der Waals surface area (Å²) in [5, 5.41) is 6.85. The number of hydrogen-bond acceptors (Lipinski definition) is 7. The summed E-state index contributed by atoms with van der Waals surface area (Å²) in [5.41, 5.74) is 0.321. The summed E-state index contributed by atoms with van der Waals surface area (Å²) in [6.45, 7) is 2.77. The average Bonchev–Trinajstić information content (AvgIpc) is 3.29. The van der Waals surface area contributed by atoms with Gasteiger partial charge in [-0.15, -0.1) is 10.8 Å². The molecule has 8 nitrogen and oxygen atoms in total. The van der Waals surface area contributed by atoms with Gasteiger partial charge >= 0.3 is 0 Å². The molecule has 1 saturated heterocycles. The fourth-order valence-corrected chi connectivity index (χ4v) is 4.93. The van der Waals surface area contributed by atoms with Crippen LogP contribution < -0.4 is 5.32 Å². The smallest absolute Gasteiger partial charge is 0.273 e. The van der Waals surface area contributed by atoms with E-state index in [0.29, 0.717) is 37.6 Å². The lowest BCUT2D eigenvalue weighted by molar-refractivity contribution is 0.0902. The van der Waals surface area contributed by atoms with Gasteiger partial charge in [0.15, 0.2) is 5.69 Å². The van der Waals surface area contributed by atoms with E-state index in [2.05, 4.69) is 10.5 Å². The number of nitrogens with zero attached hydrogens (tertiary/aromatic N) is 2. The van der Waals surface area contributed by atoms with E-state index in [0.717, 1.165) is 18.6 Å². The van der Waals surface area contributed by atoms with Crippen molar-refractivity contribution >= 4 is 16.7 Å². The van der Waals surface area contributed by atoms with Gasteiger partial charge in [0.1, 0.15) is 5.76 Å². The Morgan fingerprint density at radius 3 is 2.92 bits per heavy atom. The van der Waals surface area contributed by atoms with Gasteiger partial charge in [-0.25, -0.2) is 4.31 Å². The molecule has 1 saturated carbocycles. The Balaban J connectivity index is 0.00000243. The van der Waals surface area contributed by atoms with E-state index in [9.17, 15) is 13.9 Å². The molecule has 0 spiro atoms. The van der Waals surface area contributed by atoms with Gasteiger partial charge in [-0.3, -0.25) is 13.9 Å². The Labute approximate surface area is 150 Å². The van der Waals surface area contributed by atoms with Crippen LogP contribution in [0.4, 0.5) is 0 Å². The fraction of sp³-hybridized carbons (Fsp3) is 0.750. The molecule has 2 atom stereocenters. The summed E-state index contributed by atoms with van der Waals surface area (Å²) in [6, 6.07) is 1.67. The van der Waals surface area contributed by atoms with E-state index >= 15 is 0 Å². The molecule has 2 aliphatic rings. The maximum absolute atomic E-state index is 12.3. The van der Waals surface area contributed by atoms with Gasteiger partial charge in [0.25, 0.3) is 5.91 Å². The van der Waals surface area contributed by atoms with Crippen molar-refractivity contribution in [2.45, 2.75) is 50.6 Å². The van der Waals surface area contributed by atoms with E-state index < -0.39 is 10.8 Å². The van der Waals surface area contributed by atoms with Crippen LogP contribution in [-0.4, -0.2) is 62.6 Å². The summed E-state index contributed by atoms with van der Waals surface area (Å²) in [5.74, 6) is 1.19. The summed E-state index contributed by atoms with van der Waals surface area (Å²) < 4.78 is 32.6. The second-order valence-electron chi connectivity index (χ2n) is 6.90. The Kier molecular flexibility index (Phi) is 5.69. The molecule has 2 heterocycles. The van der Waals surface area contributed by atoms with E-state index in [4.69, 9.17) is 9.26 Å². The lowest BCUT2D eigenvalue weighted by atomic mass is 10.0. The first-order valence-corrected chi connectivity index (χ1v) is 10.4. The van der Waals surface area contributed by atoms with Crippen molar-refractivity contribution in [3.63, 3.8) is 0 Å². The Morgan fingerprint density at radius 1 is 1.52 bits per heavy atom. The second-order valence-corrected chi connectivity index (χ2v) is 9.04. The second kappa shape index (κ2) is 7.63. The molecule has 3 rings (SSSR count). The number of hydrogen-bond donors (Lipinski definition) is 3. The molecule has 1 aromatic heterocycles. The van der Waals surface area contributed by atoms with Crippen LogP contribution in [0.2, 0.25) is 0 Å². The van der Waals surface area contributed by atoms with Crippen LogP contribution in [0.1, 0.15) is 56.2 Å². The Hall–Kier alpha value is -1.13. The van der Waals surface area contributed by atoms with Gasteiger partial charge in [0.05, 0.1) is 12.4 Å². The lowest BCUT2D eigenvalue weighted by Gasteiger charge is -2.49. The summed E-state index contributed by atoms with van der Waals surface area (Å²) >= 11 is 0. The van der Waals surface area contributed by atoms with E-state index in [1.807, 2.05) is 6.92 Å². The topological polar surface area (TPSA) is 108 Å². The lowest BCUT2D eigenvalue weighted by Crippen LogP contribution is -2.50. The summed E-state index contributed by atoms with van der Waals surface area (Å²) in [4.78, 5) is 12.3. The van der Waals surface area contributed by atoms with Gasteiger partial charge in [0, 0.05) is 39.1 Å². The van der Waals surface area contributed by atoms with Crippen molar-refractivity contribution < 1.29 is 24.6 Å². The molecule has 0 aromatic carbocycles. The zero-order valence-corrected chi connectivity index (χ0v) is 15.5. The van der Waals surface area contributed by atoms with Gasteiger partial charge in [-0.05, 0) is 32.6 Å². The molecule has 0 unspecified atom stereocenters. The van der Waals surface area contributed by atoms with Crippen LogP contribution in [0.25, 0.3) is 0 Å². The molecule has 1 aliphatic heterocycles. The molecule has 1 aliphatic carbocycles. The minimum absolute atomic E-state index is 0. The van der Waals surface area contributed by atoms with Crippen LogP contribution in [0, 0.1) is 0 Å². The number of methoxy groups -OCH3 is 1. The first kappa shape index (κ1) is 18.7. The average molecular weight is 375 g/mol. The van der Waals surface area contributed by atoms with Crippen molar-refractivity contribution in [1.29, 1.82) is 0 Å². The highest BCUT2D eigenvalue weighted by molar-refractivity contribution is 8.22. The minimum atomic E-state index is -2.83. The first-order valence-electron chi connectivity index (χ1n) is 8.70. The van der Waals surface area contributed by atoms with Crippen molar-refractivity contribution in [3.05, 3.63) is 17.5 Å². The molecular weight excluding hydrogens is 346 g/mol. The Bertz CT molecular complexity index is 610. The molecular formula is C16H29N3O5S. The highest BCUT2D eigenvalue weighted by Gasteiger charge is 2.34. The highest BCUT2D eigenvalue weighted by atomic mass is 32.3. The normalized spacial score (nSPS) is 25.8. The number of aromatic nitrogens is 1. The third-order valence-electron chi connectivity index (χ3n) is 4.83.